The Kier molecular flexibility index (Phi) is 7.02. The lowest BCUT2D eigenvalue weighted by Crippen LogP contribution is -2.16. The van der Waals surface area contributed by atoms with Crippen molar-refractivity contribution in [1.29, 1.82) is 0 Å². The third-order valence-corrected chi connectivity index (χ3v) is 5.22. The third kappa shape index (κ3) is 5.51. The van der Waals surface area contributed by atoms with Gasteiger partial charge in [0.1, 0.15) is 0 Å². The van der Waals surface area contributed by atoms with Gasteiger partial charge in [0, 0.05) is 33.2 Å². The summed E-state index contributed by atoms with van der Waals surface area (Å²) >= 11 is 5.79. The summed E-state index contributed by atoms with van der Waals surface area (Å²) in [6.45, 7) is 3.98. The molecule has 1 amide bonds. The second kappa shape index (κ2) is 8.27. The van der Waals surface area contributed by atoms with Crippen molar-refractivity contribution in [2.45, 2.75) is 38.4 Å². The first-order valence-electron chi connectivity index (χ1n) is 6.66. The molecule has 0 bridgehead atoms. The van der Waals surface area contributed by atoms with Gasteiger partial charge in [-0.15, -0.1) is 0 Å². The number of carbonyl (C=O) groups is 1. The van der Waals surface area contributed by atoms with Crippen molar-refractivity contribution < 1.29 is 9.00 Å². The van der Waals surface area contributed by atoms with Crippen LogP contribution in [0.5, 0.6) is 0 Å². The molecule has 1 rings (SSSR count). The third-order valence-electron chi connectivity index (χ3n) is 3.06. The average Bonchev–Trinajstić information content (AvgIpc) is 2.41. The Morgan fingerprint density at radius 2 is 2.20 bits per heavy atom. The number of hydrogen-bond donors (Lipinski definition) is 2. The molecule has 2 unspecified atom stereocenters. The maximum Gasteiger partial charge on any atom is 0.224 e. The van der Waals surface area contributed by atoms with E-state index in [2.05, 4.69) is 5.32 Å². The molecule has 0 fully saturated rings. The lowest BCUT2D eigenvalue weighted by molar-refractivity contribution is -0.116. The minimum atomic E-state index is -0.857. The molecule has 0 saturated carbocycles. The van der Waals surface area contributed by atoms with Crippen LogP contribution in [-0.4, -0.2) is 21.1 Å². The Balaban J connectivity index is 2.39. The highest BCUT2D eigenvalue weighted by atomic mass is 35.5. The molecular formula is C14H21ClN2O2S. The van der Waals surface area contributed by atoms with Crippen LogP contribution in [0.3, 0.4) is 0 Å². The van der Waals surface area contributed by atoms with Gasteiger partial charge in [0.2, 0.25) is 5.91 Å². The van der Waals surface area contributed by atoms with E-state index in [1.807, 2.05) is 13.8 Å². The van der Waals surface area contributed by atoms with Crippen LogP contribution in [0.4, 0.5) is 11.4 Å². The van der Waals surface area contributed by atoms with E-state index in [0.717, 1.165) is 6.42 Å². The van der Waals surface area contributed by atoms with Crippen LogP contribution < -0.4 is 11.1 Å². The average molecular weight is 317 g/mol. The summed E-state index contributed by atoms with van der Waals surface area (Å²) in [5.41, 5.74) is 6.75. The van der Waals surface area contributed by atoms with Crippen molar-refractivity contribution in [1.82, 2.24) is 0 Å². The number of amides is 1. The fraction of sp³-hybridized carbons (Fsp3) is 0.500. The first-order chi connectivity index (χ1) is 9.43. The maximum absolute atomic E-state index is 11.8. The number of benzene rings is 1. The summed E-state index contributed by atoms with van der Waals surface area (Å²) in [6, 6.07) is 4.94. The summed E-state index contributed by atoms with van der Waals surface area (Å²) in [6.07, 6.45) is 1.83. The van der Waals surface area contributed by atoms with Crippen LogP contribution >= 0.6 is 11.6 Å². The summed E-state index contributed by atoms with van der Waals surface area (Å²) < 4.78 is 11.8. The Bertz CT molecular complexity index is 494. The van der Waals surface area contributed by atoms with E-state index in [0.29, 0.717) is 35.0 Å². The SMILES string of the molecule is CCC(C)S(=O)CCCC(=O)Nc1ccc(Cl)cc1N. The summed E-state index contributed by atoms with van der Waals surface area (Å²) in [5.74, 6) is 0.429. The number of carbonyl (C=O) groups excluding carboxylic acids is 1. The minimum Gasteiger partial charge on any atom is -0.397 e. The molecule has 20 heavy (non-hydrogen) atoms. The summed E-state index contributed by atoms with van der Waals surface area (Å²) in [4.78, 5) is 11.8. The van der Waals surface area contributed by atoms with Gasteiger partial charge in [0.05, 0.1) is 11.4 Å². The number of hydrogen-bond acceptors (Lipinski definition) is 3. The lowest BCUT2D eigenvalue weighted by Gasteiger charge is -2.10. The van der Waals surface area contributed by atoms with E-state index in [4.69, 9.17) is 17.3 Å². The number of nitrogens with one attached hydrogen (secondary N) is 1. The summed E-state index contributed by atoms with van der Waals surface area (Å²) in [5, 5.41) is 3.45. The molecule has 0 aliphatic rings. The molecule has 0 spiro atoms. The van der Waals surface area contributed by atoms with Gasteiger partial charge in [0.15, 0.2) is 0 Å². The van der Waals surface area contributed by atoms with E-state index < -0.39 is 10.8 Å². The molecule has 0 radical (unpaired) electrons. The first kappa shape index (κ1) is 17.0. The zero-order valence-electron chi connectivity index (χ0n) is 11.8. The molecule has 0 aliphatic carbocycles. The summed E-state index contributed by atoms with van der Waals surface area (Å²) in [7, 11) is -0.857. The topological polar surface area (TPSA) is 72.2 Å². The van der Waals surface area contributed by atoms with Crippen molar-refractivity contribution >= 4 is 39.7 Å². The molecule has 6 heteroatoms. The van der Waals surface area contributed by atoms with E-state index >= 15 is 0 Å². The smallest absolute Gasteiger partial charge is 0.224 e. The number of nitrogens with two attached hydrogens (primary N) is 1. The fourth-order valence-corrected chi connectivity index (χ4v) is 3.01. The Hall–Kier alpha value is -1.07. The highest BCUT2D eigenvalue weighted by molar-refractivity contribution is 7.85. The molecule has 2 atom stereocenters. The first-order valence-corrected chi connectivity index (χ1v) is 8.42. The molecule has 0 heterocycles. The number of halogens is 1. The van der Waals surface area contributed by atoms with Crippen LogP contribution in [0, 0.1) is 0 Å². The van der Waals surface area contributed by atoms with Gasteiger partial charge in [0.25, 0.3) is 0 Å². The molecule has 3 N–H and O–H groups in total. The van der Waals surface area contributed by atoms with E-state index in [9.17, 15) is 9.00 Å². The minimum absolute atomic E-state index is 0.125. The zero-order chi connectivity index (χ0) is 15.1. The van der Waals surface area contributed by atoms with Gasteiger partial charge in [-0.2, -0.15) is 0 Å². The highest BCUT2D eigenvalue weighted by Gasteiger charge is 2.10. The van der Waals surface area contributed by atoms with Crippen molar-refractivity contribution in [3.63, 3.8) is 0 Å². The van der Waals surface area contributed by atoms with Gasteiger partial charge >= 0.3 is 0 Å². The fourth-order valence-electron chi connectivity index (χ4n) is 1.62. The van der Waals surface area contributed by atoms with Crippen LogP contribution in [0.1, 0.15) is 33.1 Å². The zero-order valence-corrected chi connectivity index (χ0v) is 13.4. The Labute approximate surface area is 127 Å². The standard InChI is InChI=1S/C14H21ClN2O2S/c1-3-10(2)20(19)8-4-5-14(18)17-13-7-6-11(15)9-12(13)16/h6-7,9-10H,3-5,8,16H2,1-2H3,(H,17,18). The predicted molar refractivity (Wildman–Crippen MR) is 86.5 cm³/mol. The van der Waals surface area contributed by atoms with Crippen LogP contribution in [-0.2, 0) is 15.6 Å². The molecule has 1 aromatic carbocycles. The van der Waals surface area contributed by atoms with Crippen LogP contribution in [0.25, 0.3) is 0 Å². The number of rotatable bonds is 7. The lowest BCUT2D eigenvalue weighted by atomic mass is 10.2. The maximum atomic E-state index is 11.8. The molecule has 0 saturated heterocycles. The Morgan fingerprint density at radius 3 is 2.80 bits per heavy atom. The quantitative estimate of drug-likeness (QED) is 0.759. The van der Waals surface area contributed by atoms with Crippen LogP contribution in [0.2, 0.25) is 5.02 Å². The van der Waals surface area contributed by atoms with Gasteiger partial charge in [-0.05, 0) is 31.0 Å². The van der Waals surface area contributed by atoms with Crippen molar-refractivity contribution in [2.24, 2.45) is 0 Å². The number of anilines is 2. The molecule has 0 aliphatic heterocycles. The predicted octanol–water partition coefficient (Wildman–Crippen LogP) is 3.19. The van der Waals surface area contributed by atoms with Gasteiger partial charge in [-0.25, -0.2) is 0 Å². The molecular weight excluding hydrogens is 296 g/mol. The van der Waals surface area contributed by atoms with E-state index in [1.165, 1.54) is 0 Å². The van der Waals surface area contributed by atoms with Crippen molar-refractivity contribution in [2.75, 3.05) is 16.8 Å². The largest absolute Gasteiger partial charge is 0.397 e. The molecule has 112 valence electrons. The highest BCUT2D eigenvalue weighted by Crippen LogP contribution is 2.22. The van der Waals surface area contributed by atoms with Crippen LogP contribution in [0.15, 0.2) is 18.2 Å². The number of nitrogen functional groups attached to an aromatic ring is 1. The van der Waals surface area contributed by atoms with Gasteiger partial charge in [-0.3, -0.25) is 9.00 Å². The second-order valence-corrected chi connectivity index (χ2v) is 7.10. The molecule has 0 aromatic heterocycles. The molecule has 1 aromatic rings. The van der Waals surface area contributed by atoms with Crippen molar-refractivity contribution in [3.8, 4) is 0 Å². The monoisotopic (exact) mass is 316 g/mol. The molecule has 4 nitrogen and oxygen atoms in total. The van der Waals surface area contributed by atoms with E-state index in [1.54, 1.807) is 18.2 Å². The van der Waals surface area contributed by atoms with Gasteiger partial charge < -0.3 is 11.1 Å². The Morgan fingerprint density at radius 1 is 1.50 bits per heavy atom. The van der Waals surface area contributed by atoms with E-state index in [-0.39, 0.29) is 11.2 Å². The normalized spacial score (nSPS) is 13.8. The van der Waals surface area contributed by atoms with Crippen molar-refractivity contribution in [3.05, 3.63) is 23.2 Å². The van der Waals surface area contributed by atoms with Gasteiger partial charge in [-0.1, -0.05) is 25.4 Å². The second-order valence-electron chi connectivity index (χ2n) is 4.69.